The maximum atomic E-state index is 11.6. The van der Waals surface area contributed by atoms with Crippen molar-refractivity contribution in [2.45, 2.75) is 31.8 Å². The smallest absolute Gasteiger partial charge is 0.305 e. The van der Waals surface area contributed by atoms with Gasteiger partial charge in [-0.05, 0) is 25.9 Å². The van der Waals surface area contributed by atoms with Gasteiger partial charge in [0.15, 0.2) is 0 Å². The van der Waals surface area contributed by atoms with Crippen molar-refractivity contribution in [3.8, 4) is 0 Å². The Morgan fingerprint density at radius 2 is 2.00 bits per heavy atom. The van der Waals surface area contributed by atoms with Crippen LogP contribution >= 0.6 is 0 Å². The summed E-state index contributed by atoms with van der Waals surface area (Å²) in [6.07, 6.45) is 2.53. The molecule has 6 heteroatoms. The number of piperidine rings is 1. The summed E-state index contributed by atoms with van der Waals surface area (Å²) in [5.41, 5.74) is 0. The van der Waals surface area contributed by atoms with E-state index in [0.717, 1.165) is 25.9 Å². The summed E-state index contributed by atoms with van der Waals surface area (Å²) < 4.78 is 5.63. The van der Waals surface area contributed by atoms with Gasteiger partial charge in [-0.2, -0.15) is 0 Å². The summed E-state index contributed by atoms with van der Waals surface area (Å²) in [4.78, 5) is 23.5. The van der Waals surface area contributed by atoms with Gasteiger partial charge in [-0.3, -0.25) is 9.59 Å². The molecule has 2 N–H and O–H groups in total. The Morgan fingerprint density at radius 3 is 2.61 bits per heavy atom. The Labute approximate surface area is 107 Å². The molecule has 0 saturated carbocycles. The standard InChI is InChI=1S/C12H22N2O4/c1-14(8-4-12(16)17)11(15)5-9-18-10-2-6-13-7-3-10/h10,13H,2-9H2,1H3,(H,16,17). The maximum absolute atomic E-state index is 11.6. The molecule has 1 rings (SSSR count). The minimum Gasteiger partial charge on any atom is -0.481 e. The molecule has 0 spiro atoms. The summed E-state index contributed by atoms with van der Waals surface area (Å²) in [7, 11) is 1.62. The van der Waals surface area contributed by atoms with E-state index >= 15 is 0 Å². The molecule has 0 aromatic heterocycles. The number of hydrogen-bond donors (Lipinski definition) is 2. The number of aliphatic carboxylic acids is 1. The van der Waals surface area contributed by atoms with Gasteiger partial charge in [-0.15, -0.1) is 0 Å². The van der Waals surface area contributed by atoms with Crippen molar-refractivity contribution in [1.82, 2.24) is 10.2 Å². The van der Waals surface area contributed by atoms with Crippen LogP contribution in [-0.4, -0.2) is 61.3 Å². The quantitative estimate of drug-likeness (QED) is 0.676. The second-order valence-corrected chi connectivity index (χ2v) is 4.53. The fourth-order valence-electron chi connectivity index (χ4n) is 1.85. The summed E-state index contributed by atoms with van der Waals surface area (Å²) in [5.74, 6) is -0.953. The SMILES string of the molecule is CN(CCC(=O)O)C(=O)CCOC1CCNCC1. The molecule has 1 fully saturated rings. The van der Waals surface area contributed by atoms with Gasteiger partial charge in [-0.25, -0.2) is 0 Å². The van der Waals surface area contributed by atoms with E-state index in [2.05, 4.69) is 5.32 Å². The van der Waals surface area contributed by atoms with Crippen LogP contribution in [0.3, 0.4) is 0 Å². The third kappa shape index (κ3) is 5.97. The molecule has 0 aliphatic carbocycles. The number of hydrogen-bond acceptors (Lipinski definition) is 4. The molecule has 1 saturated heterocycles. The van der Waals surface area contributed by atoms with E-state index in [1.807, 2.05) is 0 Å². The van der Waals surface area contributed by atoms with E-state index in [4.69, 9.17) is 9.84 Å². The first-order chi connectivity index (χ1) is 8.59. The molecule has 1 heterocycles. The first kappa shape index (κ1) is 14.9. The van der Waals surface area contributed by atoms with Gasteiger partial charge in [-0.1, -0.05) is 0 Å². The molecule has 1 aliphatic heterocycles. The Kier molecular flexibility index (Phi) is 6.67. The number of carbonyl (C=O) groups excluding carboxylic acids is 1. The number of nitrogens with one attached hydrogen (secondary N) is 1. The second kappa shape index (κ2) is 8.05. The van der Waals surface area contributed by atoms with E-state index in [1.165, 1.54) is 4.90 Å². The van der Waals surface area contributed by atoms with Crippen molar-refractivity contribution in [3.63, 3.8) is 0 Å². The molecule has 0 atom stereocenters. The summed E-state index contributed by atoms with van der Waals surface area (Å²) in [5, 5.41) is 11.8. The van der Waals surface area contributed by atoms with E-state index < -0.39 is 5.97 Å². The highest BCUT2D eigenvalue weighted by Gasteiger charge is 2.15. The zero-order valence-electron chi connectivity index (χ0n) is 10.9. The fraction of sp³-hybridized carbons (Fsp3) is 0.833. The van der Waals surface area contributed by atoms with Crippen molar-refractivity contribution in [3.05, 3.63) is 0 Å². The average molecular weight is 258 g/mol. The molecule has 0 unspecified atom stereocenters. The van der Waals surface area contributed by atoms with E-state index in [0.29, 0.717) is 13.0 Å². The normalized spacial score (nSPS) is 16.5. The highest BCUT2D eigenvalue weighted by molar-refractivity contribution is 5.76. The monoisotopic (exact) mass is 258 g/mol. The first-order valence-electron chi connectivity index (χ1n) is 6.37. The van der Waals surface area contributed by atoms with Crippen LogP contribution in [0.4, 0.5) is 0 Å². The van der Waals surface area contributed by atoms with Crippen molar-refractivity contribution in [2.24, 2.45) is 0 Å². The van der Waals surface area contributed by atoms with E-state index in [9.17, 15) is 9.59 Å². The number of carboxylic acid groups (broad SMARTS) is 1. The van der Waals surface area contributed by atoms with Crippen LogP contribution in [0.15, 0.2) is 0 Å². The largest absolute Gasteiger partial charge is 0.481 e. The molecule has 104 valence electrons. The lowest BCUT2D eigenvalue weighted by molar-refractivity contribution is -0.138. The van der Waals surface area contributed by atoms with Gasteiger partial charge in [0.2, 0.25) is 5.91 Å². The van der Waals surface area contributed by atoms with Crippen LogP contribution in [0, 0.1) is 0 Å². The third-order valence-electron chi connectivity index (χ3n) is 3.04. The van der Waals surface area contributed by atoms with Crippen LogP contribution in [0.1, 0.15) is 25.7 Å². The van der Waals surface area contributed by atoms with E-state index in [1.54, 1.807) is 7.05 Å². The minimum absolute atomic E-state index is 0.0165. The van der Waals surface area contributed by atoms with Gasteiger partial charge in [0.25, 0.3) is 0 Å². The minimum atomic E-state index is -0.888. The molecule has 18 heavy (non-hydrogen) atoms. The van der Waals surface area contributed by atoms with Crippen molar-refractivity contribution in [1.29, 1.82) is 0 Å². The molecular weight excluding hydrogens is 236 g/mol. The molecule has 1 aliphatic rings. The second-order valence-electron chi connectivity index (χ2n) is 4.53. The molecule has 0 bridgehead atoms. The molecular formula is C12H22N2O4. The van der Waals surface area contributed by atoms with Crippen LogP contribution in [0.2, 0.25) is 0 Å². The summed E-state index contributed by atoms with van der Waals surface area (Å²) in [6.45, 7) is 2.61. The highest BCUT2D eigenvalue weighted by atomic mass is 16.5. The average Bonchev–Trinajstić information content (AvgIpc) is 2.37. The number of carboxylic acids is 1. The highest BCUT2D eigenvalue weighted by Crippen LogP contribution is 2.07. The van der Waals surface area contributed by atoms with Gasteiger partial charge in [0, 0.05) is 13.6 Å². The summed E-state index contributed by atoms with van der Waals surface area (Å²) in [6, 6.07) is 0. The zero-order chi connectivity index (χ0) is 13.4. The molecule has 0 radical (unpaired) electrons. The lowest BCUT2D eigenvalue weighted by Gasteiger charge is -2.23. The molecule has 0 aromatic rings. The number of nitrogens with zero attached hydrogens (tertiary/aromatic N) is 1. The molecule has 0 aromatic carbocycles. The van der Waals surface area contributed by atoms with Crippen molar-refractivity contribution >= 4 is 11.9 Å². The predicted molar refractivity (Wildman–Crippen MR) is 66.4 cm³/mol. The van der Waals surface area contributed by atoms with Crippen molar-refractivity contribution in [2.75, 3.05) is 33.3 Å². The van der Waals surface area contributed by atoms with Crippen LogP contribution in [0.25, 0.3) is 0 Å². The Balaban J connectivity index is 2.09. The Bertz CT molecular complexity index is 277. The van der Waals surface area contributed by atoms with Crippen LogP contribution < -0.4 is 5.32 Å². The topological polar surface area (TPSA) is 78.9 Å². The van der Waals surface area contributed by atoms with Crippen LogP contribution in [-0.2, 0) is 14.3 Å². The third-order valence-corrected chi connectivity index (χ3v) is 3.04. The van der Waals surface area contributed by atoms with Gasteiger partial charge in [0.1, 0.15) is 0 Å². The van der Waals surface area contributed by atoms with Crippen LogP contribution in [0.5, 0.6) is 0 Å². The lowest BCUT2D eigenvalue weighted by atomic mass is 10.1. The number of rotatable bonds is 7. The first-order valence-corrected chi connectivity index (χ1v) is 6.37. The number of amides is 1. The van der Waals surface area contributed by atoms with Gasteiger partial charge in [0.05, 0.1) is 25.6 Å². The maximum Gasteiger partial charge on any atom is 0.305 e. The molecule has 6 nitrogen and oxygen atoms in total. The van der Waals surface area contributed by atoms with E-state index in [-0.39, 0.29) is 25.0 Å². The zero-order valence-corrected chi connectivity index (χ0v) is 10.9. The van der Waals surface area contributed by atoms with Gasteiger partial charge < -0.3 is 20.1 Å². The predicted octanol–water partition coefficient (Wildman–Crippen LogP) is 0.0782. The lowest BCUT2D eigenvalue weighted by Crippen LogP contribution is -2.34. The number of ether oxygens (including phenoxy) is 1. The Morgan fingerprint density at radius 1 is 1.33 bits per heavy atom. The van der Waals surface area contributed by atoms with Gasteiger partial charge >= 0.3 is 5.97 Å². The molecule has 1 amide bonds. The Hall–Kier alpha value is -1.14. The van der Waals surface area contributed by atoms with Crippen molar-refractivity contribution < 1.29 is 19.4 Å². The number of carbonyl (C=O) groups is 2. The fourth-order valence-corrected chi connectivity index (χ4v) is 1.85. The summed E-state index contributed by atoms with van der Waals surface area (Å²) >= 11 is 0.